The first kappa shape index (κ1) is 10.1. The molecule has 0 aromatic rings. The lowest BCUT2D eigenvalue weighted by Gasteiger charge is -2.06. The van der Waals surface area contributed by atoms with Gasteiger partial charge in [0.25, 0.3) is 0 Å². The first-order valence-electron chi connectivity index (χ1n) is 2.32. The van der Waals surface area contributed by atoms with Crippen LogP contribution in [0.1, 0.15) is 0 Å². The summed E-state index contributed by atoms with van der Waals surface area (Å²) in [6.45, 7) is -0.552. The van der Waals surface area contributed by atoms with Gasteiger partial charge >= 0.3 is 10.4 Å². The summed E-state index contributed by atoms with van der Waals surface area (Å²) in [5.41, 5.74) is 0. The summed E-state index contributed by atoms with van der Waals surface area (Å²) in [6, 6.07) is 0. The zero-order valence-electron chi connectivity index (χ0n) is 4.90. The number of alkyl halides is 1. The molecule has 7 heteroatoms. The standard InChI is InChI=1S/C3H7ClO5S/c4-1-3(2-5)9-10(6,7)8/h3,5H,1-2H2,(H,6,7,8). The molecule has 0 aromatic carbocycles. The fourth-order valence-electron chi connectivity index (χ4n) is 0.277. The largest absolute Gasteiger partial charge is 0.397 e. The van der Waals surface area contributed by atoms with E-state index in [2.05, 4.69) is 4.18 Å². The van der Waals surface area contributed by atoms with Crippen LogP contribution in [0.3, 0.4) is 0 Å². The number of halogens is 1. The molecular weight excluding hydrogens is 184 g/mol. The minimum Gasteiger partial charge on any atom is -0.394 e. The van der Waals surface area contributed by atoms with Crippen molar-refractivity contribution in [3.05, 3.63) is 0 Å². The third-order valence-corrected chi connectivity index (χ3v) is 1.49. The molecule has 0 aliphatic rings. The summed E-state index contributed by atoms with van der Waals surface area (Å²) in [5, 5.41) is 8.30. The van der Waals surface area contributed by atoms with E-state index in [1.807, 2.05) is 0 Å². The van der Waals surface area contributed by atoms with Gasteiger partial charge < -0.3 is 5.11 Å². The molecule has 0 saturated heterocycles. The second-order valence-electron chi connectivity index (χ2n) is 1.48. The minimum absolute atomic E-state index is 0.198. The predicted molar refractivity (Wildman–Crippen MR) is 34.2 cm³/mol. The van der Waals surface area contributed by atoms with Crippen LogP contribution in [0.25, 0.3) is 0 Å². The number of rotatable bonds is 4. The van der Waals surface area contributed by atoms with Crippen LogP contribution < -0.4 is 0 Å². The maximum absolute atomic E-state index is 9.92. The van der Waals surface area contributed by atoms with Crippen molar-refractivity contribution in [2.24, 2.45) is 0 Å². The average molecular weight is 191 g/mol. The molecule has 2 N–H and O–H groups in total. The van der Waals surface area contributed by atoms with Crippen molar-refractivity contribution in [1.82, 2.24) is 0 Å². The van der Waals surface area contributed by atoms with Crippen LogP contribution in [0.5, 0.6) is 0 Å². The molecular formula is C3H7ClO5S. The van der Waals surface area contributed by atoms with Crippen molar-refractivity contribution < 1.29 is 22.3 Å². The van der Waals surface area contributed by atoms with Crippen LogP contribution in [-0.4, -0.2) is 36.7 Å². The summed E-state index contributed by atoms with van der Waals surface area (Å²) in [7, 11) is -4.49. The first-order valence-corrected chi connectivity index (χ1v) is 4.22. The Labute approximate surface area is 63.5 Å². The third-order valence-electron chi connectivity index (χ3n) is 0.633. The van der Waals surface area contributed by atoms with Gasteiger partial charge in [0.2, 0.25) is 0 Å². The van der Waals surface area contributed by atoms with Crippen molar-refractivity contribution in [1.29, 1.82) is 0 Å². The van der Waals surface area contributed by atoms with Crippen LogP contribution in [0.4, 0.5) is 0 Å². The van der Waals surface area contributed by atoms with Crippen LogP contribution in [0.15, 0.2) is 0 Å². The molecule has 1 atom stereocenters. The molecule has 0 amide bonds. The van der Waals surface area contributed by atoms with Crippen molar-refractivity contribution in [3.8, 4) is 0 Å². The van der Waals surface area contributed by atoms with E-state index in [0.717, 1.165) is 0 Å². The lowest BCUT2D eigenvalue weighted by Crippen LogP contribution is -2.23. The molecule has 1 unspecified atom stereocenters. The highest BCUT2D eigenvalue weighted by atomic mass is 35.5. The maximum atomic E-state index is 9.92. The second-order valence-corrected chi connectivity index (χ2v) is 2.84. The summed E-state index contributed by atoms with van der Waals surface area (Å²) in [4.78, 5) is 0. The third kappa shape index (κ3) is 4.95. The predicted octanol–water partition coefficient (Wildman–Crippen LogP) is -0.595. The zero-order valence-corrected chi connectivity index (χ0v) is 6.47. The molecule has 5 nitrogen and oxygen atoms in total. The SMILES string of the molecule is O=S(=O)(O)OC(CO)CCl. The molecule has 0 aromatic heterocycles. The number of hydrogen-bond acceptors (Lipinski definition) is 4. The van der Waals surface area contributed by atoms with Gasteiger partial charge in [-0.05, 0) is 0 Å². The van der Waals surface area contributed by atoms with Crippen molar-refractivity contribution in [2.45, 2.75) is 6.10 Å². The Morgan fingerprint density at radius 3 is 2.20 bits per heavy atom. The lowest BCUT2D eigenvalue weighted by molar-refractivity contribution is 0.123. The van der Waals surface area contributed by atoms with Crippen molar-refractivity contribution >= 4 is 22.0 Å². The Morgan fingerprint density at radius 2 is 2.10 bits per heavy atom. The topological polar surface area (TPSA) is 83.8 Å². The van der Waals surface area contributed by atoms with Gasteiger partial charge in [0.05, 0.1) is 12.5 Å². The molecule has 0 heterocycles. The molecule has 0 aliphatic heterocycles. The Morgan fingerprint density at radius 1 is 1.60 bits per heavy atom. The van der Waals surface area contributed by atoms with Gasteiger partial charge in [-0.15, -0.1) is 11.6 Å². The van der Waals surface area contributed by atoms with E-state index in [1.165, 1.54) is 0 Å². The molecule has 0 rings (SSSR count). The monoisotopic (exact) mass is 190 g/mol. The van der Waals surface area contributed by atoms with E-state index in [1.54, 1.807) is 0 Å². The fourth-order valence-corrected chi connectivity index (χ4v) is 0.985. The molecule has 0 fully saturated rings. The van der Waals surface area contributed by atoms with Gasteiger partial charge in [-0.1, -0.05) is 0 Å². The molecule has 10 heavy (non-hydrogen) atoms. The van der Waals surface area contributed by atoms with Crippen molar-refractivity contribution in [2.75, 3.05) is 12.5 Å². The second kappa shape index (κ2) is 4.09. The van der Waals surface area contributed by atoms with E-state index in [0.29, 0.717) is 0 Å². The molecule has 0 radical (unpaired) electrons. The lowest BCUT2D eigenvalue weighted by atomic mass is 10.4. The van der Waals surface area contributed by atoms with Gasteiger partial charge in [0, 0.05) is 0 Å². The molecule has 0 spiro atoms. The molecule has 0 aliphatic carbocycles. The quantitative estimate of drug-likeness (QED) is 0.457. The highest BCUT2D eigenvalue weighted by Crippen LogP contribution is 1.98. The number of aliphatic hydroxyl groups is 1. The van der Waals surface area contributed by atoms with Crippen LogP contribution in [-0.2, 0) is 14.6 Å². The van der Waals surface area contributed by atoms with Gasteiger partial charge in [-0.2, -0.15) is 8.42 Å². The van der Waals surface area contributed by atoms with Gasteiger partial charge in [0.1, 0.15) is 6.10 Å². The smallest absolute Gasteiger partial charge is 0.394 e. The van der Waals surface area contributed by atoms with Crippen LogP contribution in [0.2, 0.25) is 0 Å². The maximum Gasteiger partial charge on any atom is 0.397 e. The summed E-state index contributed by atoms with van der Waals surface area (Å²) >= 11 is 5.11. The normalized spacial score (nSPS) is 15.1. The summed E-state index contributed by atoms with van der Waals surface area (Å²) in [6.07, 6.45) is -1.07. The van der Waals surface area contributed by atoms with E-state index in [-0.39, 0.29) is 5.88 Å². The summed E-state index contributed by atoms with van der Waals surface area (Å²) < 4.78 is 31.8. The molecule has 0 saturated carbocycles. The van der Waals surface area contributed by atoms with Crippen LogP contribution in [0, 0.1) is 0 Å². The van der Waals surface area contributed by atoms with E-state index >= 15 is 0 Å². The molecule has 62 valence electrons. The minimum atomic E-state index is -4.49. The highest BCUT2D eigenvalue weighted by molar-refractivity contribution is 7.80. The number of hydrogen-bond donors (Lipinski definition) is 2. The van der Waals surface area contributed by atoms with E-state index in [9.17, 15) is 8.42 Å². The Hall–Kier alpha value is 0.120. The van der Waals surface area contributed by atoms with Gasteiger partial charge in [-0.25, -0.2) is 4.18 Å². The van der Waals surface area contributed by atoms with Crippen molar-refractivity contribution in [3.63, 3.8) is 0 Å². The summed E-state index contributed by atoms with van der Waals surface area (Å²) in [5.74, 6) is -0.198. The van der Waals surface area contributed by atoms with Crippen LogP contribution >= 0.6 is 11.6 Å². The van der Waals surface area contributed by atoms with Gasteiger partial charge in [0.15, 0.2) is 0 Å². The fraction of sp³-hybridized carbons (Fsp3) is 1.00. The van der Waals surface area contributed by atoms with E-state index in [4.69, 9.17) is 21.3 Å². The first-order chi connectivity index (χ1) is 4.49. The molecule has 0 bridgehead atoms. The Kier molecular flexibility index (Phi) is 4.14. The van der Waals surface area contributed by atoms with Gasteiger partial charge in [-0.3, -0.25) is 4.55 Å². The zero-order chi connectivity index (χ0) is 8.20. The average Bonchev–Trinajstić information content (AvgIpc) is 1.81. The Bertz CT molecular complexity index is 171. The Balaban J connectivity index is 3.87. The highest BCUT2D eigenvalue weighted by Gasteiger charge is 2.14. The number of aliphatic hydroxyl groups excluding tert-OH is 1. The van der Waals surface area contributed by atoms with E-state index < -0.39 is 23.1 Å².